The fourth-order valence-electron chi connectivity index (χ4n) is 4.39. The van der Waals surface area contributed by atoms with Crippen molar-refractivity contribution in [3.05, 3.63) is 94.4 Å². The molecule has 8 heteroatoms. The predicted octanol–water partition coefficient (Wildman–Crippen LogP) is 4.63. The smallest absolute Gasteiger partial charge is 0.254 e. The molecule has 0 bridgehead atoms. The van der Waals surface area contributed by atoms with Gasteiger partial charge in [0, 0.05) is 43.3 Å². The maximum absolute atomic E-state index is 13.7. The molecule has 4 rings (SSSR count). The number of carbonyl (C=O) groups is 2. The van der Waals surface area contributed by atoms with Gasteiger partial charge in [0.05, 0.1) is 19.8 Å². The summed E-state index contributed by atoms with van der Waals surface area (Å²) in [5, 5.41) is 0.564. The van der Waals surface area contributed by atoms with Crippen molar-refractivity contribution >= 4 is 23.4 Å². The Kier molecular flexibility index (Phi) is 9.77. The molecule has 0 unspecified atom stereocenters. The van der Waals surface area contributed by atoms with Gasteiger partial charge in [-0.3, -0.25) is 14.5 Å². The Morgan fingerprint density at radius 2 is 1.65 bits per heavy atom. The summed E-state index contributed by atoms with van der Waals surface area (Å²) >= 11 is 6.04. The number of benzene rings is 2. The summed E-state index contributed by atoms with van der Waals surface area (Å²) < 4.78 is 11.2. The standard InChI is InChI=1S/C29H34ClN3O4/c1-23-8-13-27(37-23)21-33(20-24-6-3-2-4-7-24)28(34)22-32(15-5-14-31-16-18-36-19-17-31)29(35)25-9-11-26(30)12-10-25/h2-4,6-13H,5,14-22H2,1H3. The molecule has 1 fully saturated rings. The van der Waals surface area contributed by atoms with E-state index in [1.165, 1.54) is 0 Å². The minimum atomic E-state index is -0.180. The van der Waals surface area contributed by atoms with Crippen molar-refractivity contribution in [1.82, 2.24) is 14.7 Å². The molecule has 3 aromatic rings. The number of rotatable bonds is 11. The number of furan rings is 1. The molecule has 37 heavy (non-hydrogen) atoms. The van der Waals surface area contributed by atoms with E-state index < -0.39 is 0 Å². The van der Waals surface area contributed by atoms with E-state index in [-0.39, 0.29) is 18.4 Å². The number of amides is 2. The van der Waals surface area contributed by atoms with E-state index in [0.717, 1.165) is 50.6 Å². The molecular formula is C29H34ClN3O4. The van der Waals surface area contributed by atoms with Crippen LogP contribution in [0, 0.1) is 6.92 Å². The van der Waals surface area contributed by atoms with Crippen molar-refractivity contribution < 1.29 is 18.7 Å². The zero-order valence-corrected chi connectivity index (χ0v) is 22.0. The molecule has 0 N–H and O–H groups in total. The Balaban J connectivity index is 1.49. The quantitative estimate of drug-likeness (QED) is 0.366. The highest BCUT2D eigenvalue weighted by Gasteiger charge is 2.24. The SMILES string of the molecule is Cc1ccc(CN(Cc2ccccc2)C(=O)CN(CCCN2CCOCC2)C(=O)c2ccc(Cl)cc2)o1. The number of nitrogens with zero attached hydrogens (tertiary/aromatic N) is 3. The second-order valence-electron chi connectivity index (χ2n) is 9.29. The average molecular weight is 524 g/mol. The van der Waals surface area contributed by atoms with Crippen LogP contribution in [-0.2, 0) is 22.6 Å². The van der Waals surface area contributed by atoms with Crippen LogP contribution in [0.3, 0.4) is 0 Å². The minimum absolute atomic E-state index is 0.0168. The van der Waals surface area contributed by atoms with Gasteiger partial charge in [-0.25, -0.2) is 0 Å². The summed E-state index contributed by atoms with van der Waals surface area (Å²) in [5.74, 6) is 1.20. The van der Waals surface area contributed by atoms with Crippen LogP contribution in [0.15, 0.2) is 71.1 Å². The Bertz CT molecular complexity index is 1140. The lowest BCUT2D eigenvalue weighted by Crippen LogP contribution is -2.44. The van der Waals surface area contributed by atoms with Gasteiger partial charge in [-0.15, -0.1) is 0 Å². The van der Waals surface area contributed by atoms with Crippen molar-refractivity contribution in [2.45, 2.75) is 26.4 Å². The Labute approximate surface area is 223 Å². The first kappa shape index (κ1) is 26.9. The Hall–Kier alpha value is -3.13. The maximum Gasteiger partial charge on any atom is 0.254 e. The van der Waals surface area contributed by atoms with Gasteiger partial charge in [-0.2, -0.15) is 0 Å². The molecule has 0 aliphatic carbocycles. The second kappa shape index (κ2) is 13.4. The summed E-state index contributed by atoms with van der Waals surface area (Å²) in [5.41, 5.74) is 1.53. The molecular weight excluding hydrogens is 490 g/mol. The van der Waals surface area contributed by atoms with E-state index in [1.54, 1.807) is 34.1 Å². The van der Waals surface area contributed by atoms with Gasteiger partial charge in [0.2, 0.25) is 5.91 Å². The van der Waals surface area contributed by atoms with E-state index in [4.69, 9.17) is 20.8 Å². The molecule has 0 spiro atoms. The van der Waals surface area contributed by atoms with Crippen LogP contribution < -0.4 is 0 Å². The van der Waals surface area contributed by atoms with Crippen LogP contribution >= 0.6 is 11.6 Å². The molecule has 196 valence electrons. The van der Waals surface area contributed by atoms with Gasteiger partial charge in [-0.1, -0.05) is 41.9 Å². The summed E-state index contributed by atoms with van der Waals surface area (Å²) in [6.07, 6.45) is 0.767. The van der Waals surface area contributed by atoms with E-state index in [1.807, 2.05) is 49.4 Å². The number of halogens is 1. The van der Waals surface area contributed by atoms with Crippen LogP contribution in [0.25, 0.3) is 0 Å². The normalized spacial score (nSPS) is 13.9. The van der Waals surface area contributed by atoms with Crippen LogP contribution in [0.1, 0.15) is 33.9 Å². The van der Waals surface area contributed by atoms with Crippen molar-refractivity contribution in [2.24, 2.45) is 0 Å². The molecule has 1 aromatic heterocycles. The Morgan fingerprint density at radius 3 is 2.32 bits per heavy atom. The van der Waals surface area contributed by atoms with Gasteiger partial charge < -0.3 is 19.0 Å². The van der Waals surface area contributed by atoms with Gasteiger partial charge in [-0.05, 0) is 55.3 Å². The molecule has 2 heterocycles. The van der Waals surface area contributed by atoms with Crippen molar-refractivity contribution in [3.63, 3.8) is 0 Å². The van der Waals surface area contributed by atoms with Crippen molar-refractivity contribution in [3.8, 4) is 0 Å². The zero-order valence-electron chi connectivity index (χ0n) is 21.3. The van der Waals surface area contributed by atoms with Gasteiger partial charge in [0.25, 0.3) is 5.91 Å². The largest absolute Gasteiger partial charge is 0.464 e. The number of hydrogen-bond acceptors (Lipinski definition) is 5. The predicted molar refractivity (Wildman–Crippen MR) is 143 cm³/mol. The van der Waals surface area contributed by atoms with Crippen LogP contribution in [0.4, 0.5) is 0 Å². The molecule has 2 amide bonds. The topological polar surface area (TPSA) is 66.2 Å². The molecule has 1 saturated heterocycles. The number of carbonyl (C=O) groups excluding carboxylic acids is 2. The molecule has 7 nitrogen and oxygen atoms in total. The number of ether oxygens (including phenoxy) is 1. The van der Waals surface area contributed by atoms with E-state index >= 15 is 0 Å². The fraction of sp³-hybridized carbons (Fsp3) is 0.379. The molecule has 0 radical (unpaired) electrons. The number of morpholine rings is 1. The highest BCUT2D eigenvalue weighted by molar-refractivity contribution is 6.30. The highest BCUT2D eigenvalue weighted by atomic mass is 35.5. The van der Waals surface area contributed by atoms with Crippen molar-refractivity contribution in [2.75, 3.05) is 45.9 Å². The van der Waals surface area contributed by atoms with Gasteiger partial charge >= 0.3 is 0 Å². The second-order valence-corrected chi connectivity index (χ2v) is 9.73. The van der Waals surface area contributed by atoms with E-state index in [2.05, 4.69) is 4.90 Å². The van der Waals surface area contributed by atoms with Gasteiger partial charge in [0.1, 0.15) is 18.1 Å². The monoisotopic (exact) mass is 523 g/mol. The zero-order chi connectivity index (χ0) is 26.0. The van der Waals surface area contributed by atoms with Crippen molar-refractivity contribution in [1.29, 1.82) is 0 Å². The first-order valence-corrected chi connectivity index (χ1v) is 13.1. The maximum atomic E-state index is 13.7. The molecule has 0 saturated carbocycles. The lowest BCUT2D eigenvalue weighted by atomic mass is 10.1. The molecule has 0 atom stereocenters. The summed E-state index contributed by atoms with van der Waals surface area (Å²) in [6, 6.07) is 20.4. The molecule has 1 aliphatic heterocycles. The number of hydrogen-bond donors (Lipinski definition) is 0. The summed E-state index contributed by atoms with van der Waals surface area (Å²) in [6.45, 7) is 7.18. The molecule has 1 aliphatic rings. The lowest BCUT2D eigenvalue weighted by molar-refractivity contribution is -0.133. The first-order chi connectivity index (χ1) is 18.0. The third-order valence-electron chi connectivity index (χ3n) is 6.42. The highest BCUT2D eigenvalue weighted by Crippen LogP contribution is 2.16. The van der Waals surface area contributed by atoms with Crippen LogP contribution in [0.2, 0.25) is 5.02 Å². The third kappa shape index (κ3) is 8.18. The lowest BCUT2D eigenvalue weighted by Gasteiger charge is -2.30. The first-order valence-electron chi connectivity index (χ1n) is 12.7. The average Bonchev–Trinajstić information content (AvgIpc) is 3.33. The van der Waals surface area contributed by atoms with E-state index in [9.17, 15) is 9.59 Å². The number of aryl methyl sites for hydroxylation is 1. The minimum Gasteiger partial charge on any atom is -0.464 e. The summed E-state index contributed by atoms with van der Waals surface area (Å²) in [7, 11) is 0. The van der Waals surface area contributed by atoms with Gasteiger partial charge in [0.15, 0.2) is 0 Å². The van der Waals surface area contributed by atoms with E-state index in [0.29, 0.717) is 36.0 Å². The van der Waals surface area contributed by atoms with Crippen LogP contribution in [-0.4, -0.2) is 72.5 Å². The molecule has 2 aromatic carbocycles. The van der Waals surface area contributed by atoms with Crippen LogP contribution in [0.5, 0.6) is 0 Å². The third-order valence-corrected chi connectivity index (χ3v) is 6.67. The fourth-order valence-corrected chi connectivity index (χ4v) is 4.52. The Morgan fingerprint density at radius 1 is 0.919 bits per heavy atom. The summed E-state index contributed by atoms with van der Waals surface area (Å²) in [4.78, 5) is 32.9.